The van der Waals surface area contributed by atoms with Crippen LogP contribution in [0.1, 0.15) is 47.5 Å². The number of rotatable bonds is 0. The maximum absolute atomic E-state index is 2.73. The van der Waals surface area contributed by atoms with Gasteiger partial charge in [-0.1, -0.05) is 6.92 Å². The molecule has 0 unspecified atom stereocenters. The molecule has 2 fully saturated rings. The third-order valence-corrected chi connectivity index (χ3v) is 4.15. The van der Waals surface area contributed by atoms with E-state index in [0.717, 1.165) is 11.8 Å². The van der Waals surface area contributed by atoms with Gasteiger partial charge in [-0.05, 0) is 52.4 Å². The highest BCUT2D eigenvalue weighted by molar-refractivity contribution is 5.08. The van der Waals surface area contributed by atoms with Crippen molar-refractivity contribution in [2.24, 2.45) is 11.8 Å². The second-order valence-electron chi connectivity index (χ2n) is 6.42. The van der Waals surface area contributed by atoms with Gasteiger partial charge in [0.2, 0.25) is 0 Å². The molecule has 1 heteroatoms. The lowest BCUT2D eigenvalue weighted by molar-refractivity contribution is 0.0247. The first-order valence-corrected chi connectivity index (χ1v) is 5.61. The molecular weight excluding hydrogens is 158 g/mol. The normalized spacial score (nSPS) is 45.9. The van der Waals surface area contributed by atoms with Crippen molar-refractivity contribution in [1.82, 2.24) is 4.90 Å². The highest BCUT2D eigenvalue weighted by Crippen LogP contribution is 2.51. The Morgan fingerprint density at radius 2 is 1.85 bits per heavy atom. The molecule has 0 amide bonds. The minimum atomic E-state index is 0.365. The van der Waals surface area contributed by atoms with Gasteiger partial charge in [-0.3, -0.25) is 4.90 Å². The van der Waals surface area contributed by atoms with Crippen molar-refractivity contribution >= 4 is 0 Å². The molecule has 0 N–H and O–H groups in total. The van der Waals surface area contributed by atoms with Crippen LogP contribution in [0.4, 0.5) is 0 Å². The number of hydrogen-bond donors (Lipinski definition) is 0. The van der Waals surface area contributed by atoms with Crippen LogP contribution in [0.15, 0.2) is 0 Å². The van der Waals surface area contributed by atoms with Crippen LogP contribution in [-0.2, 0) is 0 Å². The molecule has 0 aromatic carbocycles. The fraction of sp³-hybridized carbons (Fsp3) is 1.00. The van der Waals surface area contributed by atoms with E-state index >= 15 is 0 Å². The Labute approximate surface area is 82.5 Å². The summed E-state index contributed by atoms with van der Waals surface area (Å²) in [5.74, 6) is 1.94. The number of piperidine rings is 1. The van der Waals surface area contributed by atoms with Crippen molar-refractivity contribution in [3.63, 3.8) is 0 Å². The molecule has 1 aliphatic carbocycles. The Morgan fingerprint density at radius 3 is 2.15 bits per heavy atom. The molecule has 76 valence electrons. The molecule has 0 spiro atoms. The Hall–Kier alpha value is -0.0400. The number of nitrogens with zero attached hydrogens (tertiary/aromatic N) is 1. The van der Waals surface area contributed by atoms with Gasteiger partial charge >= 0.3 is 0 Å². The highest BCUT2D eigenvalue weighted by atomic mass is 15.3. The Bertz CT molecular complexity index is 212. The summed E-state index contributed by atoms with van der Waals surface area (Å²) >= 11 is 0. The SMILES string of the molecule is C[C@@H]1C[C@@]2(C)C[C@@H]1CN2C(C)(C)C. The van der Waals surface area contributed by atoms with E-state index in [-0.39, 0.29) is 0 Å². The molecule has 13 heavy (non-hydrogen) atoms. The van der Waals surface area contributed by atoms with E-state index in [0.29, 0.717) is 11.1 Å². The summed E-state index contributed by atoms with van der Waals surface area (Å²) in [6, 6.07) is 0. The smallest absolute Gasteiger partial charge is 0.0192 e. The second-order valence-corrected chi connectivity index (χ2v) is 6.42. The van der Waals surface area contributed by atoms with Gasteiger partial charge in [-0.25, -0.2) is 0 Å². The molecule has 1 nitrogen and oxygen atoms in total. The van der Waals surface area contributed by atoms with Crippen molar-refractivity contribution in [1.29, 1.82) is 0 Å². The molecule has 2 rings (SSSR count). The molecule has 2 bridgehead atoms. The zero-order valence-corrected chi connectivity index (χ0v) is 9.72. The standard InChI is InChI=1S/C12H23N/c1-9-6-12(5)7-10(9)8-13(12)11(2,3)4/h9-10H,6-8H2,1-5H3/t9-,10-,12+/m1/s1. The van der Waals surface area contributed by atoms with Crippen LogP contribution >= 0.6 is 0 Å². The van der Waals surface area contributed by atoms with Crippen LogP contribution in [-0.4, -0.2) is 22.5 Å². The lowest BCUT2D eigenvalue weighted by atomic mass is 9.89. The van der Waals surface area contributed by atoms with E-state index in [1.807, 2.05) is 0 Å². The third-order valence-electron chi connectivity index (χ3n) is 4.15. The molecule has 1 aliphatic heterocycles. The molecule has 1 heterocycles. The molecule has 3 atom stereocenters. The van der Waals surface area contributed by atoms with Crippen LogP contribution in [0.3, 0.4) is 0 Å². The summed E-state index contributed by atoms with van der Waals surface area (Å²) < 4.78 is 0. The van der Waals surface area contributed by atoms with E-state index in [1.165, 1.54) is 19.4 Å². The van der Waals surface area contributed by atoms with E-state index in [1.54, 1.807) is 0 Å². The van der Waals surface area contributed by atoms with E-state index < -0.39 is 0 Å². The summed E-state index contributed by atoms with van der Waals surface area (Å²) in [7, 11) is 0. The van der Waals surface area contributed by atoms with E-state index in [4.69, 9.17) is 0 Å². The fourth-order valence-electron chi connectivity index (χ4n) is 3.71. The largest absolute Gasteiger partial charge is 0.293 e. The van der Waals surface area contributed by atoms with Crippen LogP contribution in [0.2, 0.25) is 0 Å². The summed E-state index contributed by atoms with van der Waals surface area (Å²) in [4.78, 5) is 2.73. The van der Waals surface area contributed by atoms with Gasteiger partial charge in [-0.2, -0.15) is 0 Å². The number of hydrogen-bond acceptors (Lipinski definition) is 1. The van der Waals surface area contributed by atoms with Gasteiger partial charge in [0.15, 0.2) is 0 Å². The zero-order chi connectivity index (χ0) is 9.85. The van der Waals surface area contributed by atoms with Gasteiger partial charge in [0.05, 0.1) is 0 Å². The van der Waals surface area contributed by atoms with Crippen LogP contribution < -0.4 is 0 Å². The van der Waals surface area contributed by atoms with Crippen molar-refractivity contribution in [2.75, 3.05) is 6.54 Å². The summed E-state index contributed by atoms with van der Waals surface area (Å²) in [5, 5.41) is 0. The van der Waals surface area contributed by atoms with Crippen molar-refractivity contribution in [3.8, 4) is 0 Å². The topological polar surface area (TPSA) is 3.24 Å². The van der Waals surface area contributed by atoms with Gasteiger partial charge in [-0.15, -0.1) is 0 Å². The average molecular weight is 181 g/mol. The molecule has 1 saturated heterocycles. The van der Waals surface area contributed by atoms with Gasteiger partial charge < -0.3 is 0 Å². The maximum atomic E-state index is 2.73. The molecule has 0 radical (unpaired) electrons. The predicted molar refractivity (Wildman–Crippen MR) is 56.8 cm³/mol. The van der Waals surface area contributed by atoms with Gasteiger partial charge in [0, 0.05) is 17.6 Å². The first-order valence-electron chi connectivity index (χ1n) is 5.61. The Balaban J connectivity index is 2.21. The quantitative estimate of drug-likeness (QED) is 0.555. The Morgan fingerprint density at radius 1 is 1.23 bits per heavy atom. The van der Waals surface area contributed by atoms with Crippen molar-refractivity contribution < 1.29 is 0 Å². The third kappa shape index (κ3) is 1.32. The lowest BCUT2D eigenvalue weighted by Crippen LogP contribution is -2.53. The molecule has 1 saturated carbocycles. The highest BCUT2D eigenvalue weighted by Gasteiger charge is 2.53. The zero-order valence-electron chi connectivity index (χ0n) is 9.72. The summed E-state index contributed by atoms with van der Waals surface area (Å²) in [6.07, 6.45) is 2.85. The first-order chi connectivity index (χ1) is 5.83. The second kappa shape index (κ2) is 2.50. The van der Waals surface area contributed by atoms with Crippen LogP contribution in [0.5, 0.6) is 0 Å². The monoisotopic (exact) mass is 181 g/mol. The fourth-order valence-corrected chi connectivity index (χ4v) is 3.71. The number of fused-ring (bicyclic) bond motifs is 2. The number of likely N-dealkylation sites (tertiary alicyclic amines) is 1. The van der Waals surface area contributed by atoms with Crippen molar-refractivity contribution in [2.45, 2.75) is 58.5 Å². The molecule has 2 aliphatic rings. The van der Waals surface area contributed by atoms with E-state index in [9.17, 15) is 0 Å². The lowest BCUT2D eigenvalue weighted by Gasteiger charge is -2.46. The van der Waals surface area contributed by atoms with Crippen LogP contribution in [0.25, 0.3) is 0 Å². The summed E-state index contributed by atoms with van der Waals surface area (Å²) in [6.45, 7) is 13.3. The molecule has 0 aromatic heterocycles. The average Bonchev–Trinajstić information content (AvgIpc) is 2.36. The van der Waals surface area contributed by atoms with Gasteiger partial charge in [0.1, 0.15) is 0 Å². The summed E-state index contributed by atoms with van der Waals surface area (Å²) in [5.41, 5.74) is 0.881. The van der Waals surface area contributed by atoms with Crippen LogP contribution in [0, 0.1) is 11.8 Å². The van der Waals surface area contributed by atoms with E-state index in [2.05, 4.69) is 39.5 Å². The first kappa shape index (κ1) is 9.51. The molecular formula is C12H23N. The molecule has 0 aromatic rings. The minimum absolute atomic E-state index is 0.365. The maximum Gasteiger partial charge on any atom is 0.0192 e. The van der Waals surface area contributed by atoms with Gasteiger partial charge in [0.25, 0.3) is 0 Å². The minimum Gasteiger partial charge on any atom is -0.293 e. The van der Waals surface area contributed by atoms with Crippen molar-refractivity contribution in [3.05, 3.63) is 0 Å². The Kier molecular flexibility index (Phi) is 1.83. The predicted octanol–water partition coefficient (Wildman–Crippen LogP) is 2.91.